The predicted molar refractivity (Wildman–Crippen MR) is 64.7 cm³/mol. The lowest BCUT2D eigenvalue weighted by molar-refractivity contribution is -0.115. The molecule has 1 heterocycles. The maximum Gasteiger partial charge on any atom is 0.186 e. The summed E-state index contributed by atoms with van der Waals surface area (Å²) in [6.07, 6.45) is 7.36. The van der Waals surface area contributed by atoms with Gasteiger partial charge in [-0.2, -0.15) is 11.3 Å². The van der Waals surface area contributed by atoms with Crippen molar-refractivity contribution in [3.05, 3.63) is 46.2 Å². The maximum absolute atomic E-state index is 11.6. The molecule has 0 N–H and O–H groups in total. The smallest absolute Gasteiger partial charge is 0.186 e. The Kier molecular flexibility index (Phi) is 3.47. The SMILES string of the molecule is O=C1C=C(/C=C/C(=O)c2ccsc2)CCC1. The molecule has 16 heavy (non-hydrogen) atoms. The second-order valence-corrected chi connectivity index (χ2v) is 4.53. The van der Waals surface area contributed by atoms with Gasteiger partial charge in [0.15, 0.2) is 11.6 Å². The average Bonchev–Trinajstić information content (AvgIpc) is 2.79. The first-order valence-electron chi connectivity index (χ1n) is 5.24. The van der Waals surface area contributed by atoms with Crippen molar-refractivity contribution < 1.29 is 9.59 Å². The number of carbonyl (C=O) groups is 2. The van der Waals surface area contributed by atoms with Crippen LogP contribution in [0.25, 0.3) is 0 Å². The van der Waals surface area contributed by atoms with Crippen molar-refractivity contribution in [3.63, 3.8) is 0 Å². The van der Waals surface area contributed by atoms with Gasteiger partial charge in [0.1, 0.15) is 0 Å². The minimum absolute atomic E-state index is 0.000160. The second-order valence-electron chi connectivity index (χ2n) is 3.75. The molecule has 1 aromatic rings. The first-order valence-corrected chi connectivity index (χ1v) is 6.18. The summed E-state index contributed by atoms with van der Waals surface area (Å²) in [6, 6.07) is 1.80. The molecule has 0 atom stereocenters. The zero-order valence-electron chi connectivity index (χ0n) is 8.81. The Hall–Kier alpha value is -1.48. The number of carbonyl (C=O) groups excluding carboxylic acids is 2. The van der Waals surface area contributed by atoms with E-state index >= 15 is 0 Å². The molecular weight excluding hydrogens is 220 g/mol. The Balaban J connectivity index is 2.04. The molecule has 1 aromatic heterocycles. The maximum atomic E-state index is 11.6. The van der Waals surface area contributed by atoms with E-state index in [-0.39, 0.29) is 11.6 Å². The summed E-state index contributed by atoms with van der Waals surface area (Å²) in [5.74, 6) is 0.161. The lowest BCUT2D eigenvalue weighted by Crippen LogP contribution is -2.01. The molecule has 0 spiro atoms. The normalized spacial score (nSPS) is 16.5. The Labute approximate surface area is 98.3 Å². The van der Waals surface area contributed by atoms with Crippen molar-refractivity contribution in [2.24, 2.45) is 0 Å². The van der Waals surface area contributed by atoms with Crippen LogP contribution in [0, 0.1) is 0 Å². The van der Waals surface area contributed by atoms with Gasteiger partial charge in [0.25, 0.3) is 0 Å². The molecule has 0 amide bonds. The van der Waals surface area contributed by atoms with Crippen molar-refractivity contribution in [2.45, 2.75) is 19.3 Å². The molecule has 0 saturated carbocycles. The lowest BCUT2D eigenvalue weighted by atomic mass is 9.98. The van der Waals surface area contributed by atoms with E-state index in [4.69, 9.17) is 0 Å². The molecular formula is C13H12O2S. The van der Waals surface area contributed by atoms with Gasteiger partial charge in [-0.3, -0.25) is 9.59 Å². The highest BCUT2D eigenvalue weighted by Crippen LogP contribution is 2.16. The first-order chi connectivity index (χ1) is 7.75. The molecule has 0 saturated heterocycles. The molecule has 82 valence electrons. The third kappa shape index (κ3) is 2.76. The molecule has 0 bridgehead atoms. The molecule has 0 unspecified atom stereocenters. The Morgan fingerprint density at radius 3 is 2.94 bits per heavy atom. The predicted octanol–water partition coefficient (Wildman–Crippen LogP) is 3.17. The van der Waals surface area contributed by atoms with Crippen molar-refractivity contribution in [1.82, 2.24) is 0 Å². The van der Waals surface area contributed by atoms with Gasteiger partial charge in [-0.15, -0.1) is 0 Å². The van der Waals surface area contributed by atoms with Gasteiger partial charge in [-0.1, -0.05) is 6.08 Å². The zero-order valence-corrected chi connectivity index (χ0v) is 9.63. The van der Waals surface area contributed by atoms with E-state index in [0.29, 0.717) is 12.0 Å². The first kappa shape index (κ1) is 11.0. The highest BCUT2D eigenvalue weighted by molar-refractivity contribution is 7.08. The minimum atomic E-state index is 0.000160. The Bertz CT molecular complexity index is 452. The van der Waals surface area contributed by atoms with Crippen LogP contribution in [0.1, 0.15) is 29.6 Å². The van der Waals surface area contributed by atoms with Crippen LogP contribution in [0.15, 0.2) is 40.6 Å². The molecule has 0 aromatic carbocycles. The molecule has 1 aliphatic rings. The number of thiophene rings is 1. The second kappa shape index (κ2) is 5.03. The van der Waals surface area contributed by atoms with Crippen LogP contribution in [0.3, 0.4) is 0 Å². The fourth-order valence-electron chi connectivity index (χ4n) is 1.63. The van der Waals surface area contributed by atoms with Gasteiger partial charge < -0.3 is 0 Å². The fourth-order valence-corrected chi connectivity index (χ4v) is 2.28. The van der Waals surface area contributed by atoms with Crippen LogP contribution in [0.4, 0.5) is 0 Å². The topological polar surface area (TPSA) is 34.1 Å². The van der Waals surface area contributed by atoms with E-state index < -0.39 is 0 Å². The van der Waals surface area contributed by atoms with Gasteiger partial charge in [0.2, 0.25) is 0 Å². The molecule has 3 heteroatoms. The van der Waals surface area contributed by atoms with Crippen LogP contribution in [0.5, 0.6) is 0 Å². The van der Waals surface area contributed by atoms with Gasteiger partial charge in [0.05, 0.1) is 0 Å². The van der Waals surface area contributed by atoms with Crippen LogP contribution < -0.4 is 0 Å². The Morgan fingerprint density at radius 2 is 2.25 bits per heavy atom. The van der Waals surface area contributed by atoms with E-state index in [0.717, 1.165) is 18.4 Å². The van der Waals surface area contributed by atoms with Crippen LogP contribution in [0.2, 0.25) is 0 Å². The van der Waals surface area contributed by atoms with Crippen molar-refractivity contribution in [2.75, 3.05) is 0 Å². The van der Waals surface area contributed by atoms with E-state index in [1.54, 1.807) is 24.3 Å². The standard InChI is InChI=1S/C13H12O2S/c14-12-3-1-2-10(8-12)4-5-13(15)11-6-7-16-9-11/h4-9H,1-3H2/b5-4+. The Morgan fingerprint density at radius 1 is 1.38 bits per heavy atom. The van der Waals surface area contributed by atoms with Crippen LogP contribution in [-0.4, -0.2) is 11.6 Å². The zero-order chi connectivity index (χ0) is 11.4. The lowest BCUT2D eigenvalue weighted by Gasteiger charge is -2.06. The van der Waals surface area contributed by atoms with Gasteiger partial charge in [-0.25, -0.2) is 0 Å². The quantitative estimate of drug-likeness (QED) is 0.592. The third-order valence-corrected chi connectivity index (χ3v) is 3.17. The molecule has 2 rings (SSSR count). The van der Waals surface area contributed by atoms with Gasteiger partial charge in [0, 0.05) is 17.4 Å². The number of hydrogen-bond donors (Lipinski definition) is 0. The van der Waals surface area contributed by atoms with Gasteiger partial charge >= 0.3 is 0 Å². The number of hydrogen-bond acceptors (Lipinski definition) is 3. The van der Waals surface area contributed by atoms with E-state index in [9.17, 15) is 9.59 Å². The minimum Gasteiger partial charge on any atom is -0.295 e. The van der Waals surface area contributed by atoms with E-state index in [2.05, 4.69) is 0 Å². The molecule has 1 aliphatic carbocycles. The summed E-state index contributed by atoms with van der Waals surface area (Å²) >= 11 is 1.51. The van der Waals surface area contributed by atoms with Crippen LogP contribution in [-0.2, 0) is 4.79 Å². The summed E-state index contributed by atoms with van der Waals surface area (Å²) in [5.41, 5.74) is 1.67. The summed E-state index contributed by atoms with van der Waals surface area (Å²) in [6.45, 7) is 0. The van der Waals surface area contributed by atoms with E-state index in [1.807, 2.05) is 10.8 Å². The summed E-state index contributed by atoms with van der Waals surface area (Å²) < 4.78 is 0. The summed E-state index contributed by atoms with van der Waals surface area (Å²) in [4.78, 5) is 22.8. The van der Waals surface area contributed by atoms with Crippen molar-refractivity contribution >= 4 is 22.9 Å². The average molecular weight is 232 g/mol. The monoisotopic (exact) mass is 232 g/mol. The molecule has 0 radical (unpaired) electrons. The number of allylic oxidation sites excluding steroid dienone is 4. The van der Waals surface area contributed by atoms with Crippen LogP contribution >= 0.6 is 11.3 Å². The number of rotatable bonds is 3. The fraction of sp³-hybridized carbons (Fsp3) is 0.231. The van der Waals surface area contributed by atoms with Gasteiger partial charge in [-0.05, 0) is 42.0 Å². The number of ketones is 2. The summed E-state index contributed by atoms with van der Waals surface area (Å²) in [5, 5.41) is 3.71. The van der Waals surface area contributed by atoms with Crippen molar-refractivity contribution in [1.29, 1.82) is 0 Å². The highest BCUT2D eigenvalue weighted by atomic mass is 32.1. The molecule has 0 aliphatic heterocycles. The van der Waals surface area contributed by atoms with E-state index in [1.165, 1.54) is 11.3 Å². The largest absolute Gasteiger partial charge is 0.295 e. The molecule has 0 fully saturated rings. The molecule has 2 nitrogen and oxygen atoms in total. The third-order valence-electron chi connectivity index (χ3n) is 2.49. The van der Waals surface area contributed by atoms with Crippen molar-refractivity contribution in [3.8, 4) is 0 Å². The summed E-state index contributed by atoms with van der Waals surface area (Å²) in [7, 11) is 0. The highest BCUT2D eigenvalue weighted by Gasteiger charge is 2.08.